The maximum absolute atomic E-state index is 13.3. The van der Waals surface area contributed by atoms with E-state index in [0.717, 1.165) is 10.5 Å². The van der Waals surface area contributed by atoms with Gasteiger partial charge >= 0.3 is 0 Å². The molecule has 41 heavy (non-hydrogen) atoms. The van der Waals surface area contributed by atoms with Crippen LogP contribution in [0.1, 0.15) is 28.4 Å². The van der Waals surface area contributed by atoms with Gasteiger partial charge in [-0.25, -0.2) is 0 Å². The Bertz CT molecular complexity index is 1590. The van der Waals surface area contributed by atoms with Gasteiger partial charge in [0.25, 0.3) is 11.8 Å². The molecule has 1 unspecified atom stereocenters. The zero-order valence-electron chi connectivity index (χ0n) is 22.3. The number of carbonyl (C=O) groups excluding carboxylic acids is 3. The van der Waals surface area contributed by atoms with E-state index in [4.69, 9.17) is 23.2 Å². The molecule has 3 N–H and O–H groups in total. The SMILES string of the molecule is Cc1c(Cl)cccc1NC(=O)C(C)Sc1ccc(NC(=O)/C(=C/c2ccccc2Cl)NC(=O)c2ccccc2)cc1. The highest BCUT2D eigenvalue weighted by molar-refractivity contribution is 8.00. The second-order valence-electron chi connectivity index (χ2n) is 9.04. The van der Waals surface area contributed by atoms with E-state index in [2.05, 4.69) is 16.0 Å². The summed E-state index contributed by atoms with van der Waals surface area (Å²) in [6.45, 7) is 3.67. The van der Waals surface area contributed by atoms with Crippen LogP contribution in [0.25, 0.3) is 6.08 Å². The minimum Gasteiger partial charge on any atom is -0.325 e. The van der Waals surface area contributed by atoms with Gasteiger partial charge in [0.05, 0.1) is 5.25 Å². The van der Waals surface area contributed by atoms with Crippen molar-refractivity contribution in [2.24, 2.45) is 0 Å². The maximum Gasteiger partial charge on any atom is 0.272 e. The number of thioether (sulfide) groups is 1. The van der Waals surface area contributed by atoms with Crippen LogP contribution in [0.5, 0.6) is 0 Å². The van der Waals surface area contributed by atoms with Gasteiger partial charge in [0.1, 0.15) is 5.70 Å². The van der Waals surface area contributed by atoms with Crippen molar-refractivity contribution in [3.63, 3.8) is 0 Å². The number of amides is 3. The Balaban J connectivity index is 1.44. The van der Waals surface area contributed by atoms with Gasteiger partial charge in [-0.2, -0.15) is 0 Å². The Morgan fingerprint density at radius 2 is 1.44 bits per heavy atom. The van der Waals surface area contributed by atoms with Gasteiger partial charge in [-0.3, -0.25) is 14.4 Å². The number of halogens is 2. The largest absolute Gasteiger partial charge is 0.325 e. The van der Waals surface area contributed by atoms with Gasteiger partial charge in [0.2, 0.25) is 5.91 Å². The molecule has 0 aliphatic rings. The van der Waals surface area contributed by atoms with Crippen LogP contribution in [0.4, 0.5) is 11.4 Å². The number of nitrogens with one attached hydrogen (secondary N) is 3. The molecular weight excluding hydrogens is 577 g/mol. The van der Waals surface area contributed by atoms with Crippen LogP contribution in [-0.2, 0) is 9.59 Å². The summed E-state index contributed by atoms with van der Waals surface area (Å²) in [7, 11) is 0. The Morgan fingerprint density at radius 3 is 2.15 bits per heavy atom. The summed E-state index contributed by atoms with van der Waals surface area (Å²) in [5, 5.41) is 9.09. The van der Waals surface area contributed by atoms with Crippen molar-refractivity contribution in [3.8, 4) is 0 Å². The molecule has 0 radical (unpaired) electrons. The van der Waals surface area contributed by atoms with Gasteiger partial charge < -0.3 is 16.0 Å². The Hall–Kier alpha value is -4.04. The van der Waals surface area contributed by atoms with Gasteiger partial charge in [-0.15, -0.1) is 11.8 Å². The van der Waals surface area contributed by atoms with E-state index in [-0.39, 0.29) is 16.9 Å². The lowest BCUT2D eigenvalue weighted by molar-refractivity contribution is -0.115. The van der Waals surface area contributed by atoms with E-state index in [1.165, 1.54) is 17.8 Å². The van der Waals surface area contributed by atoms with E-state index in [1.807, 2.05) is 32.0 Å². The van der Waals surface area contributed by atoms with Crippen molar-refractivity contribution in [3.05, 3.63) is 129 Å². The van der Waals surface area contributed by atoms with Gasteiger partial charge in [0.15, 0.2) is 0 Å². The van der Waals surface area contributed by atoms with E-state index in [0.29, 0.717) is 32.5 Å². The van der Waals surface area contributed by atoms with Crippen LogP contribution in [0.2, 0.25) is 10.0 Å². The molecule has 4 aromatic rings. The summed E-state index contributed by atoms with van der Waals surface area (Å²) in [6.07, 6.45) is 1.53. The summed E-state index contributed by atoms with van der Waals surface area (Å²) in [5.41, 5.74) is 3.03. The maximum atomic E-state index is 13.3. The molecule has 0 bridgehead atoms. The summed E-state index contributed by atoms with van der Waals surface area (Å²) in [4.78, 5) is 39.7. The lowest BCUT2D eigenvalue weighted by Crippen LogP contribution is -2.30. The lowest BCUT2D eigenvalue weighted by atomic mass is 10.1. The highest BCUT2D eigenvalue weighted by Gasteiger charge is 2.18. The minimum absolute atomic E-state index is 0.0343. The third-order valence-corrected chi connectivity index (χ3v) is 7.92. The molecule has 4 rings (SSSR count). The van der Waals surface area contributed by atoms with E-state index in [9.17, 15) is 14.4 Å². The predicted octanol–water partition coefficient (Wildman–Crippen LogP) is 7.83. The van der Waals surface area contributed by atoms with E-state index >= 15 is 0 Å². The van der Waals surface area contributed by atoms with Crippen LogP contribution in [0.15, 0.2) is 108 Å². The molecule has 0 heterocycles. The second-order valence-corrected chi connectivity index (χ2v) is 11.3. The summed E-state index contributed by atoms with van der Waals surface area (Å²) >= 11 is 13.8. The van der Waals surface area contributed by atoms with Crippen LogP contribution in [0, 0.1) is 6.92 Å². The zero-order chi connectivity index (χ0) is 29.4. The van der Waals surface area contributed by atoms with Crippen LogP contribution in [-0.4, -0.2) is 23.0 Å². The fraction of sp³-hybridized carbons (Fsp3) is 0.0938. The number of hydrogen-bond acceptors (Lipinski definition) is 4. The second kappa shape index (κ2) is 14.0. The molecule has 0 aliphatic heterocycles. The van der Waals surface area contributed by atoms with E-state index in [1.54, 1.807) is 78.9 Å². The van der Waals surface area contributed by atoms with Crippen molar-refractivity contribution < 1.29 is 14.4 Å². The first-order chi connectivity index (χ1) is 19.7. The Kier molecular flexibility index (Phi) is 10.2. The summed E-state index contributed by atoms with van der Waals surface area (Å²) < 4.78 is 0. The van der Waals surface area contributed by atoms with E-state index < -0.39 is 11.8 Å². The summed E-state index contributed by atoms with van der Waals surface area (Å²) in [5.74, 6) is -1.09. The predicted molar refractivity (Wildman–Crippen MR) is 169 cm³/mol. The van der Waals surface area contributed by atoms with Crippen LogP contribution >= 0.6 is 35.0 Å². The van der Waals surface area contributed by atoms with Gasteiger partial charge in [-0.1, -0.05) is 65.7 Å². The Morgan fingerprint density at radius 1 is 0.780 bits per heavy atom. The molecular formula is C32H27Cl2N3O3S. The number of hydrogen-bond donors (Lipinski definition) is 3. The third-order valence-electron chi connectivity index (χ3n) is 6.05. The highest BCUT2D eigenvalue weighted by Crippen LogP contribution is 2.28. The van der Waals surface area contributed by atoms with Crippen molar-refractivity contribution in [2.45, 2.75) is 24.0 Å². The smallest absolute Gasteiger partial charge is 0.272 e. The molecule has 4 aromatic carbocycles. The molecule has 0 aromatic heterocycles. The molecule has 1 atom stereocenters. The lowest BCUT2D eigenvalue weighted by Gasteiger charge is -2.15. The topological polar surface area (TPSA) is 87.3 Å². The van der Waals surface area contributed by atoms with Crippen LogP contribution in [0.3, 0.4) is 0 Å². The number of benzene rings is 4. The molecule has 0 saturated carbocycles. The number of anilines is 2. The molecule has 0 saturated heterocycles. The molecule has 9 heteroatoms. The monoisotopic (exact) mass is 603 g/mol. The first kappa shape index (κ1) is 29.9. The standard InChI is InChI=1S/C32H27Cl2N3O3S/c1-20-26(33)13-8-14-28(20)36-30(38)21(2)41-25-17-15-24(16-18-25)35-32(40)29(19-23-11-6-7-12-27(23)34)37-31(39)22-9-4-3-5-10-22/h3-19,21H,1-2H3,(H,35,40)(H,36,38)(H,37,39)/b29-19-. The minimum atomic E-state index is -0.515. The van der Waals surface area contributed by atoms with Gasteiger partial charge in [-0.05, 0) is 85.6 Å². The molecule has 208 valence electrons. The third kappa shape index (κ3) is 8.24. The average molecular weight is 605 g/mol. The van der Waals surface area contributed by atoms with Crippen LogP contribution < -0.4 is 16.0 Å². The molecule has 6 nitrogen and oxygen atoms in total. The highest BCUT2D eigenvalue weighted by atomic mass is 35.5. The van der Waals surface area contributed by atoms with Crippen molar-refractivity contribution in [1.82, 2.24) is 5.32 Å². The molecule has 0 fully saturated rings. The fourth-order valence-electron chi connectivity index (χ4n) is 3.74. The number of carbonyl (C=O) groups is 3. The number of rotatable bonds is 9. The first-order valence-electron chi connectivity index (χ1n) is 12.7. The zero-order valence-corrected chi connectivity index (χ0v) is 24.6. The molecule has 0 spiro atoms. The normalized spacial score (nSPS) is 11.9. The summed E-state index contributed by atoms with van der Waals surface area (Å²) in [6, 6.07) is 28.1. The average Bonchev–Trinajstić information content (AvgIpc) is 2.97. The first-order valence-corrected chi connectivity index (χ1v) is 14.3. The Labute approximate surface area is 253 Å². The van der Waals surface area contributed by atoms with Crippen molar-refractivity contribution in [1.29, 1.82) is 0 Å². The van der Waals surface area contributed by atoms with Crippen molar-refractivity contribution in [2.75, 3.05) is 10.6 Å². The fourth-order valence-corrected chi connectivity index (χ4v) is 4.97. The van der Waals surface area contributed by atoms with Crippen molar-refractivity contribution >= 4 is 70.1 Å². The van der Waals surface area contributed by atoms with Gasteiger partial charge in [0, 0.05) is 31.9 Å². The molecule has 3 amide bonds. The quantitative estimate of drug-likeness (QED) is 0.134. The molecule has 0 aliphatic carbocycles.